The quantitative estimate of drug-likeness (QED) is 0.712. The van der Waals surface area contributed by atoms with Crippen molar-refractivity contribution in [2.24, 2.45) is 0 Å². The second-order valence-corrected chi connectivity index (χ2v) is 3.91. The molecule has 0 bridgehead atoms. The number of ketones is 1. The van der Waals surface area contributed by atoms with Crippen molar-refractivity contribution in [2.45, 2.75) is 20.8 Å². The van der Waals surface area contributed by atoms with Crippen molar-refractivity contribution in [2.75, 3.05) is 0 Å². The number of benzene rings is 1. The Bertz CT molecular complexity index is 521. The first kappa shape index (κ1) is 10.7. The predicted molar refractivity (Wildman–Crippen MR) is 63.6 cm³/mol. The molecule has 2 rings (SSSR count). The summed E-state index contributed by atoms with van der Waals surface area (Å²) < 4.78 is 5.51. The summed E-state index contributed by atoms with van der Waals surface area (Å²) in [6, 6.07) is 9.86. The van der Waals surface area contributed by atoms with E-state index < -0.39 is 0 Å². The van der Waals surface area contributed by atoms with Gasteiger partial charge in [-0.3, -0.25) is 4.79 Å². The fourth-order valence-corrected chi connectivity index (χ4v) is 1.83. The van der Waals surface area contributed by atoms with Gasteiger partial charge in [-0.05, 0) is 25.0 Å². The topological polar surface area (TPSA) is 30.2 Å². The minimum atomic E-state index is -0.0324. The van der Waals surface area contributed by atoms with Gasteiger partial charge >= 0.3 is 0 Å². The summed E-state index contributed by atoms with van der Waals surface area (Å²) in [5, 5.41) is 0. The lowest BCUT2D eigenvalue weighted by Gasteiger charge is -2.01. The minimum Gasteiger partial charge on any atom is -0.457 e. The van der Waals surface area contributed by atoms with Crippen molar-refractivity contribution < 1.29 is 9.21 Å². The summed E-state index contributed by atoms with van der Waals surface area (Å²) in [6.45, 7) is 5.39. The lowest BCUT2D eigenvalue weighted by molar-refractivity contribution is 0.0987. The third-order valence-electron chi connectivity index (χ3n) is 2.77. The van der Waals surface area contributed by atoms with Crippen LogP contribution in [0.2, 0.25) is 0 Å². The molecule has 0 radical (unpaired) electrons. The number of carbonyl (C=O) groups is 1. The highest BCUT2D eigenvalue weighted by Gasteiger charge is 2.18. The Hall–Kier alpha value is -1.83. The van der Waals surface area contributed by atoms with Gasteiger partial charge in [0.2, 0.25) is 0 Å². The van der Waals surface area contributed by atoms with E-state index in [2.05, 4.69) is 0 Å². The molecule has 0 unspecified atom stereocenters. The van der Waals surface area contributed by atoms with Crippen molar-refractivity contribution in [3.8, 4) is 11.1 Å². The van der Waals surface area contributed by atoms with Crippen molar-refractivity contribution in [1.82, 2.24) is 0 Å². The zero-order chi connectivity index (χ0) is 11.7. The first-order chi connectivity index (χ1) is 7.61. The maximum atomic E-state index is 11.5. The number of rotatable bonds is 2. The second kappa shape index (κ2) is 3.97. The monoisotopic (exact) mass is 214 g/mol. The van der Waals surface area contributed by atoms with E-state index in [1.807, 2.05) is 44.2 Å². The van der Waals surface area contributed by atoms with E-state index in [9.17, 15) is 4.79 Å². The van der Waals surface area contributed by atoms with Gasteiger partial charge in [0.1, 0.15) is 5.76 Å². The summed E-state index contributed by atoms with van der Waals surface area (Å²) in [5.41, 5.74) is 2.99. The van der Waals surface area contributed by atoms with Gasteiger partial charge in [-0.25, -0.2) is 0 Å². The van der Waals surface area contributed by atoms with Crippen LogP contribution >= 0.6 is 0 Å². The van der Waals surface area contributed by atoms with Crippen LogP contribution in [0.1, 0.15) is 28.8 Å². The fraction of sp³-hybridized carbons (Fsp3) is 0.214. The predicted octanol–water partition coefficient (Wildman–Crippen LogP) is 3.77. The number of aryl methyl sites for hydroxylation is 1. The Kier molecular flexibility index (Phi) is 2.65. The Balaban J connectivity index is 2.68. The molecule has 0 N–H and O–H groups in total. The van der Waals surface area contributed by atoms with Gasteiger partial charge in [-0.1, -0.05) is 30.3 Å². The van der Waals surface area contributed by atoms with Crippen LogP contribution in [0, 0.1) is 13.8 Å². The van der Waals surface area contributed by atoms with E-state index in [-0.39, 0.29) is 5.78 Å². The number of hydrogen-bond acceptors (Lipinski definition) is 2. The fourth-order valence-electron chi connectivity index (χ4n) is 1.83. The molecule has 0 saturated heterocycles. The number of carbonyl (C=O) groups excluding carboxylic acids is 1. The Morgan fingerprint density at radius 1 is 1.12 bits per heavy atom. The van der Waals surface area contributed by atoms with Crippen LogP contribution in [0.15, 0.2) is 34.7 Å². The number of Topliss-reactive ketones (excluding diaryl/α,β-unsaturated/α-hetero) is 1. The largest absolute Gasteiger partial charge is 0.457 e. The van der Waals surface area contributed by atoms with Crippen molar-refractivity contribution in [3.63, 3.8) is 0 Å². The van der Waals surface area contributed by atoms with Crippen LogP contribution in [0.4, 0.5) is 0 Å². The zero-order valence-electron chi connectivity index (χ0n) is 9.70. The molecule has 0 aliphatic carbocycles. The molecule has 2 aromatic rings. The third kappa shape index (κ3) is 1.67. The van der Waals surface area contributed by atoms with E-state index in [1.165, 1.54) is 6.92 Å². The van der Waals surface area contributed by atoms with Crippen LogP contribution < -0.4 is 0 Å². The molecular weight excluding hydrogens is 200 g/mol. The van der Waals surface area contributed by atoms with Gasteiger partial charge in [0.25, 0.3) is 0 Å². The first-order valence-corrected chi connectivity index (χ1v) is 5.27. The Morgan fingerprint density at radius 2 is 1.75 bits per heavy atom. The molecule has 2 heteroatoms. The number of furan rings is 1. The molecule has 0 amide bonds. The molecular formula is C14H14O2. The lowest BCUT2D eigenvalue weighted by atomic mass is 10.00. The Morgan fingerprint density at radius 3 is 2.31 bits per heavy atom. The maximum absolute atomic E-state index is 11.5. The zero-order valence-corrected chi connectivity index (χ0v) is 9.70. The summed E-state index contributed by atoms with van der Waals surface area (Å²) in [4.78, 5) is 11.5. The molecule has 1 aromatic carbocycles. The molecule has 82 valence electrons. The molecule has 0 aliphatic heterocycles. The molecule has 2 nitrogen and oxygen atoms in total. The second-order valence-electron chi connectivity index (χ2n) is 3.91. The van der Waals surface area contributed by atoms with Gasteiger partial charge in [0.05, 0.1) is 0 Å². The summed E-state index contributed by atoms with van der Waals surface area (Å²) in [6.07, 6.45) is 0. The lowest BCUT2D eigenvalue weighted by Crippen LogP contribution is -1.92. The van der Waals surface area contributed by atoms with Crippen molar-refractivity contribution in [3.05, 3.63) is 47.4 Å². The van der Waals surface area contributed by atoms with Crippen molar-refractivity contribution in [1.29, 1.82) is 0 Å². The molecule has 0 atom stereocenters. The van der Waals surface area contributed by atoms with Crippen LogP contribution in [-0.4, -0.2) is 5.78 Å². The molecule has 0 saturated carbocycles. The first-order valence-electron chi connectivity index (χ1n) is 5.27. The minimum absolute atomic E-state index is 0.0324. The highest BCUT2D eigenvalue weighted by atomic mass is 16.3. The maximum Gasteiger partial charge on any atom is 0.195 e. The highest BCUT2D eigenvalue weighted by molar-refractivity contribution is 5.99. The van der Waals surface area contributed by atoms with E-state index in [0.717, 1.165) is 22.5 Å². The van der Waals surface area contributed by atoms with Crippen LogP contribution in [-0.2, 0) is 0 Å². The number of hydrogen-bond donors (Lipinski definition) is 0. The van der Waals surface area contributed by atoms with Gasteiger partial charge in [-0.2, -0.15) is 0 Å². The van der Waals surface area contributed by atoms with Gasteiger partial charge in [0, 0.05) is 12.5 Å². The molecule has 0 aliphatic rings. The van der Waals surface area contributed by atoms with E-state index in [4.69, 9.17) is 4.42 Å². The van der Waals surface area contributed by atoms with Crippen LogP contribution in [0.3, 0.4) is 0 Å². The van der Waals surface area contributed by atoms with Crippen molar-refractivity contribution >= 4 is 5.78 Å². The molecule has 16 heavy (non-hydrogen) atoms. The Labute approximate surface area is 94.9 Å². The van der Waals surface area contributed by atoms with E-state index in [0.29, 0.717) is 5.76 Å². The van der Waals surface area contributed by atoms with Gasteiger partial charge in [0.15, 0.2) is 11.5 Å². The van der Waals surface area contributed by atoms with E-state index >= 15 is 0 Å². The van der Waals surface area contributed by atoms with Crippen LogP contribution in [0.25, 0.3) is 11.1 Å². The summed E-state index contributed by atoms with van der Waals surface area (Å²) in [7, 11) is 0. The van der Waals surface area contributed by atoms with Crippen LogP contribution in [0.5, 0.6) is 0 Å². The third-order valence-corrected chi connectivity index (χ3v) is 2.77. The normalized spacial score (nSPS) is 10.4. The molecule has 1 heterocycles. The average Bonchev–Trinajstić information content (AvgIpc) is 2.57. The van der Waals surface area contributed by atoms with E-state index in [1.54, 1.807) is 0 Å². The molecule has 0 spiro atoms. The smallest absolute Gasteiger partial charge is 0.195 e. The highest BCUT2D eigenvalue weighted by Crippen LogP contribution is 2.31. The average molecular weight is 214 g/mol. The molecule has 1 aromatic heterocycles. The molecule has 0 fully saturated rings. The SMILES string of the molecule is CC(=O)c1oc(C)c(C)c1-c1ccccc1. The summed E-state index contributed by atoms with van der Waals surface area (Å²) >= 11 is 0. The van der Waals surface area contributed by atoms with Gasteiger partial charge < -0.3 is 4.42 Å². The summed E-state index contributed by atoms with van der Waals surface area (Å²) in [5.74, 6) is 1.24. The van der Waals surface area contributed by atoms with Gasteiger partial charge in [-0.15, -0.1) is 0 Å². The standard InChI is InChI=1S/C14H14O2/c1-9-11(3)16-14(10(2)15)13(9)12-7-5-4-6-8-12/h4-8H,1-3H3.